The zero-order chi connectivity index (χ0) is 13.0. The Morgan fingerprint density at radius 1 is 1.33 bits per heavy atom. The van der Waals surface area contributed by atoms with Crippen LogP contribution in [0.4, 0.5) is 5.69 Å². The van der Waals surface area contributed by atoms with Gasteiger partial charge >= 0.3 is 0 Å². The van der Waals surface area contributed by atoms with E-state index in [1.165, 1.54) is 0 Å². The van der Waals surface area contributed by atoms with E-state index in [1.807, 2.05) is 23.1 Å². The molecule has 1 unspecified atom stereocenters. The van der Waals surface area contributed by atoms with Crippen LogP contribution in [0.15, 0.2) is 24.3 Å². The first kappa shape index (κ1) is 13.3. The normalized spacial score (nSPS) is 18.7. The van der Waals surface area contributed by atoms with Gasteiger partial charge in [0.05, 0.1) is 7.11 Å². The molecule has 2 rings (SSSR count). The zero-order valence-corrected chi connectivity index (χ0v) is 11.2. The van der Waals surface area contributed by atoms with Crippen LogP contribution in [0.1, 0.15) is 0 Å². The summed E-state index contributed by atoms with van der Waals surface area (Å²) in [4.78, 5) is 4.27. The van der Waals surface area contributed by atoms with Gasteiger partial charge in [-0.1, -0.05) is 6.07 Å². The van der Waals surface area contributed by atoms with E-state index in [9.17, 15) is 4.21 Å². The fraction of sp³-hybridized carbons (Fsp3) is 0.500. The highest BCUT2D eigenvalue weighted by atomic mass is 32.2. The molecule has 0 aromatic heterocycles. The number of hydrogen-bond donors (Lipinski definition) is 1. The minimum Gasteiger partial charge on any atom is -0.497 e. The molecule has 0 bridgehead atoms. The molecule has 1 atom stereocenters. The van der Waals surface area contributed by atoms with Crippen molar-refractivity contribution < 1.29 is 13.5 Å². The minimum atomic E-state index is -1.74. The number of nitrogens with zero attached hydrogens (tertiary/aromatic N) is 2. The van der Waals surface area contributed by atoms with Crippen molar-refractivity contribution in [1.29, 1.82) is 0 Å². The third-order valence-corrected chi connectivity index (χ3v) is 3.67. The van der Waals surface area contributed by atoms with E-state index < -0.39 is 11.1 Å². The summed E-state index contributed by atoms with van der Waals surface area (Å²) in [6.45, 7) is 3.35. The summed E-state index contributed by atoms with van der Waals surface area (Å²) in [5, 5.41) is 0. The van der Waals surface area contributed by atoms with Crippen LogP contribution in [-0.2, 0) is 11.1 Å². The second kappa shape index (κ2) is 6.17. The molecule has 18 heavy (non-hydrogen) atoms. The van der Waals surface area contributed by atoms with Gasteiger partial charge in [0.2, 0.25) is 0 Å². The van der Waals surface area contributed by atoms with Gasteiger partial charge in [0, 0.05) is 37.9 Å². The van der Waals surface area contributed by atoms with Gasteiger partial charge in [-0.2, -0.15) is 0 Å². The van der Waals surface area contributed by atoms with Gasteiger partial charge in [-0.25, -0.2) is 4.21 Å². The average Bonchev–Trinajstić information content (AvgIpc) is 2.39. The Morgan fingerprint density at radius 2 is 2.06 bits per heavy atom. The Bertz CT molecular complexity index is 420. The van der Waals surface area contributed by atoms with E-state index in [2.05, 4.69) is 11.0 Å². The monoisotopic (exact) mass is 270 g/mol. The lowest BCUT2D eigenvalue weighted by Gasteiger charge is -2.35. The lowest BCUT2D eigenvalue weighted by atomic mass is 10.2. The van der Waals surface area contributed by atoms with Crippen molar-refractivity contribution >= 4 is 16.8 Å². The summed E-state index contributed by atoms with van der Waals surface area (Å²) in [5.41, 5.74) is 1.14. The van der Waals surface area contributed by atoms with Crippen molar-refractivity contribution in [3.63, 3.8) is 0 Å². The smallest absolute Gasteiger partial charge is 0.167 e. The molecule has 1 aliphatic rings. The van der Waals surface area contributed by atoms with Crippen LogP contribution in [0.2, 0.25) is 0 Å². The largest absolute Gasteiger partial charge is 0.497 e. The number of anilines is 1. The maximum Gasteiger partial charge on any atom is 0.167 e. The maximum absolute atomic E-state index is 10.7. The molecule has 0 spiro atoms. The highest BCUT2D eigenvalue weighted by molar-refractivity contribution is 7.79. The van der Waals surface area contributed by atoms with Crippen LogP contribution in [0, 0.1) is 0 Å². The molecule has 100 valence electrons. The Kier molecular flexibility index (Phi) is 4.57. The molecule has 0 radical (unpaired) electrons. The summed E-state index contributed by atoms with van der Waals surface area (Å²) in [7, 11) is 1.66. The van der Waals surface area contributed by atoms with Gasteiger partial charge in [-0.05, 0) is 12.1 Å². The topological polar surface area (TPSA) is 53.0 Å². The first-order chi connectivity index (χ1) is 8.69. The van der Waals surface area contributed by atoms with E-state index in [-0.39, 0.29) is 5.88 Å². The van der Waals surface area contributed by atoms with E-state index in [0.717, 1.165) is 37.6 Å². The van der Waals surface area contributed by atoms with Gasteiger partial charge in [0.1, 0.15) is 11.6 Å². The molecule has 1 aliphatic heterocycles. The highest BCUT2D eigenvalue weighted by Crippen LogP contribution is 2.21. The second-order valence-corrected chi connectivity index (χ2v) is 5.16. The van der Waals surface area contributed by atoms with Crippen molar-refractivity contribution in [2.24, 2.45) is 0 Å². The molecule has 6 heteroatoms. The van der Waals surface area contributed by atoms with Crippen molar-refractivity contribution in [3.05, 3.63) is 24.3 Å². The van der Waals surface area contributed by atoms with Crippen LogP contribution in [-0.4, -0.2) is 52.8 Å². The molecular formula is C12H18N2O3S. The predicted octanol–water partition coefficient (Wildman–Crippen LogP) is 0.996. The van der Waals surface area contributed by atoms with E-state index in [1.54, 1.807) is 7.11 Å². The summed E-state index contributed by atoms with van der Waals surface area (Å²) >= 11 is -1.74. The molecule has 1 heterocycles. The van der Waals surface area contributed by atoms with Crippen molar-refractivity contribution in [2.75, 3.05) is 44.1 Å². The standard InChI is InChI=1S/C12H18N2O3S/c1-17-12-4-2-3-11(9-12)14-7-5-13(6-8-14)10-18(15)16/h2-4,9H,5-8,10H2,1H3,(H,15,16). The molecule has 1 fully saturated rings. The Hall–Kier alpha value is -1.11. The SMILES string of the molecule is COc1cccc(N2CCN(CS(=O)O)CC2)c1. The summed E-state index contributed by atoms with van der Waals surface area (Å²) in [6.07, 6.45) is 0. The fourth-order valence-electron chi connectivity index (χ4n) is 2.10. The van der Waals surface area contributed by atoms with E-state index in [4.69, 9.17) is 9.29 Å². The molecular weight excluding hydrogens is 252 g/mol. The molecule has 1 saturated heterocycles. The predicted molar refractivity (Wildman–Crippen MR) is 72.4 cm³/mol. The average molecular weight is 270 g/mol. The summed E-state index contributed by atoms with van der Waals surface area (Å²) in [5.74, 6) is 1.10. The number of ether oxygens (including phenoxy) is 1. The number of rotatable bonds is 4. The first-order valence-electron chi connectivity index (χ1n) is 5.88. The quantitative estimate of drug-likeness (QED) is 0.827. The van der Waals surface area contributed by atoms with E-state index >= 15 is 0 Å². The molecule has 0 aliphatic carbocycles. The maximum atomic E-state index is 10.7. The van der Waals surface area contributed by atoms with Gasteiger partial charge < -0.3 is 14.2 Å². The summed E-state index contributed by atoms with van der Waals surface area (Å²) in [6, 6.07) is 7.97. The number of benzene rings is 1. The Balaban J connectivity index is 1.94. The van der Waals surface area contributed by atoms with Crippen LogP contribution in [0.25, 0.3) is 0 Å². The number of piperazine rings is 1. The van der Waals surface area contributed by atoms with Gasteiger partial charge in [0.25, 0.3) is 0 Å². The van der Waals surface area contributed by atoms with Crippen LogP contribution >= 0.6 is 0 Å². The molecule has 0 amide bonds. The fourth-order valence-corrected chi connectivity index (χ4v) is 2.67. The third kappa shape index (κ3) is 3.44. The molecule has 5 nitrogen and oxygen atoms in total. The van der Waals surface area contributed by atoms with Crippen molar-refractivity contribution in [1.82, 2.24) is 4.90 Å². The van der Waals surface area contributed by atoms with Gasteiger partial charge in [-0.3, -0.25) is 4.90 Å². The van der Waals surface area contributed by atoms with Crippen LogP contribution in [0.5, 0.6) is 5.75 Å². The van der Waals surface area contributed by atoms with Crippen molar-refractivity contribution in [3.8, 4) is 5.75 Å². The third-order valence-electron chi connectivity index (χ3n) is 3.08. The first-order valence-corrected chi connectivity index (χ1v) is 7.15. The van der Waals surface area contributed by atoms with Crippen LogP contribution in [0.3, 0.4) is 0 Å². The summed E-state index contributed by atoms with van der Waals surface area (Å²) < 4.78 is 24.8. The molecule has 0 saturated carbocycles. The number of hydrogen-bond acceptors (Lipinski definition) is 4. The molecule has 1 aromatic carbocycles. The Morgan fingerprint density at radius 3 is 2.67 bits per heavy atom. The van der Waals surface area contributed by atoms with E-state index in [0.29, 0.717) is 0 Å². The minimum absolute atomic E-state index is 0.242. The molecule has 1 N–H and O–H groups in total. The lowest BCUT2D eigenvalue weighted by molar-refractivity contribution is 0.292. The Labute approximate surface area is 110 Å². The zero-order valence-electron chi connectivity index (χ0n) is 10.4. The highest BCUT2D eigenvalue weighted by Gasteiger charge is 2.18. The van der Waals surface area contributed by atoms with Crippen molar-refractivity contribution in [2.45, 2.75) is 0 Å². The second-order valence-electron chi connectivity index (χ2n) is 4.26. The van der Waals surface area contributed by atoms with Crippen LogP contribution < -0.4 is 9.64 Å². The van der Waals surface area contributed by atoms with Gasteiger partial charge in [0.15, 0.2) is 11.1 Å². The number of methoxy groups -OCH3 is 1. The molecule has 1 aromatic rings. The van der Waals surface area contributed by atoms with Gasteiger partial charge in [-0.15, -0.1) is 0 Å². The lowest BCUT2D eigenvalue weighted by Crippen LogP contribution is -2.47.